The van der Waals surface area contributed by atoms with Crippen molar-refractivity contribution >= 4 is 6.39 Å². The molecule has 2 nitrogen and oxygen atoms in total. The average molecular weight is 127 g/mol. The Morgan fingerprint density at radius 1 is 1.86 bits per heavy atom. The van der Waals surface area contributed by atoms with Gasteiger partial charge < -0.3 is 16.9 Å². The standard InChI is InChI=1S/C3H7.CH3NO.K/c1-3-2;2-1-3;/h3H,1-2H3;1H,(H2,2,3);/q-1;;+1/p-1/i;1D;. The van der Waals surface area contributed by atoms with Gasteiger partial charge in [-0.05, 0) is 0 Å². The van der Waals surface area contributed by atoms with E-state index >= 15 is 0 Å². The van der Waals surface area contributed by atoms with E-state index in [1.54, 1.807) is 0 Å². The van der Waals surface area contributed by atoms with Gasteiger partial charge in [0.2, 0.25) is 0 Å². The van der Waals surface area contributed by atoms with Gasteiger partial charge in [0.25, 0.3) is 0 Å². The van der Waals surface area contributed by atoms with Gasteiger partial charge in [0, 0.05) is 6.39 Å². The maximum atomic E-state index is 8.78. The van der Waals surface area contributed by atoms with Gasteiger partial charge in [0.15, 0.2) is 0 Å². The predicted molar refractivity (Wildman–Crippen MR) is 26.0 cm³/mol. The molecule has 0 atom stereocenters. The SMILES string of the molecule is C[CH-]C.[2H]C([NH-])=O.[K+]. The van der Waals surface area contributed by atoms with Crippen LogP contribution in [0.25, 0.3) is 5.73 Å². The zero-order valence-corrected chi connectivity index (χ0v) is 8.11. The molecular weight excluding hydrogens is 117 g/mol. The molecule has 0 aromatic carbocycles. The molecule has 0 spiro atoms. The number of amides is 1. The third kappa shape index (κ3) is 151. The van der Waals surface area contributed by atoms with E-state index in [2.05, 4.69) is 0 Å². The molecule has 0 aliphatic carbocycles. The predicted octanol–water partition coefficient (Wildman–Crippen LogP) is -1.57. The van der Waals surface area contributed by atoms with Crippen LogP contribution in [0, 0.1) is 6.42 Å². The second-order valence-electron chi connectivity index (χ2n) is 0.679. The summed E-state index contributed by atoms with van der Waals surface area (Å²) < 4.78 is 5.61. The molecule has 0 bridgehead atoms. The summed E-state index contributed by atoms with van der Waals surface area (Å²) in [5, 5.41) is 0. The first kappa shape index (κ1) is 11.0. The maximum Gasteiger partial charge on any atom is 1.00 e. The van der Waals surface area contributed by atoms with E-state index < -0.39 is 6.39 Å². The summed E-state index contributed by atoms with van der Waals surface area (Å²) >= 11 is 0. The number of nitrogens with one attached hydrogen (secondary N) is 1. The van der Waals surface area contributed by atoms with Crippen molar-refractivity contribution in [1.82, 2.24) is 0 Å². The fraction of sp³-hybridized carbons (Fsp3) is 0.500. The van der Waals surface area contributed by atoms with Crippen molar-refractivity contribution in [2.24, 2.45) is 0 Å². The Bertz CT molecular complexity index is 47.3. The molecule has 0 saturated carbocycles. The van der Waals surface area contributed by atoms with Gasteiger partial charge in [0.05, 0.1) is 1.37 Å². The van der Waals surface area contributed by atoms with Crippen LogP contribution in [0.3, 0.4) is 0 Å². The van der Waals surface area contributed by atoms with Crippen LogP contribution < -0.4 is 51.4 Å². The average Bonchev–Trinajstić information content (AvgIpc) is 1.33. The Morgan fingerprint density at radius 3 is 1.86 bits per heavy atom. The first-order valence-corrected chi connectivity index (χ1v) is 1.61. The van der Waals surface area contributed by atoms with E-state index in [1.807, 2.05) is 20.3 Å². The van der Waals surface area contributed by atoms with Crippen LogP contribution in [0.2, 0.25) is 0 Å². The Morgan fingerprint density at radius 2 is 1.86 bits per heavy atom. The van der Waals surface area contributed by atoms with Crippen molar-refractivity contribution in [2.45, 2.75) is 13.8 Å². The fourth-order valence-electron chi connectivity index (χ4n) is 0. The number of carbonyl (C=O) groups is 1. The summed E-state index contributed by atoms with van der Waals surface area (Å²) in [6.07, 6.45) is 0.667. The Labute approximate surface area is 88.7 Å². The molecule has 0 heterocycles. The van der Waals surface area contributed by atoms with Crippen molar-refractivity contribution in [3.8, 4) is 0 Å². The van der Waals surface area contributed by atoms with Gasteiger partial charge in [0.1, 0.15) is 0 Å². The zero-order chi connectivity index (χ0) is 6.28. The monoisotopic (exact) mass is 127 g/mol. The molecule has 1 N–H and O–H groups in total. The number of rotatable bonds is 0. The van der Waals surface area contributed by atoms with Crippen molar-refractivity contribution in [3.63, 3.8) is 0 Å². The molecule has 0 fully saturated rings. The van der Waals surface area contributed by atoms with Crippen LogP contribution >= 0.6 is 0 Å². The third-order valence-electron chi connectivity index (χ3n) is 0. The number of carbonyl (C=O) groups excluding carboxylic acids is 1. The summed E-state index contributed by atoms with van der Waals surface area (Å²) in [6.45, 7) is 4.00. The smallest absolute Gasteiger partial charge is 0.671 e. The van der Waals surface area contributed by atoms with E-state index in [4.69, 9.17) is 11.9 Å². The second-order valence-corrected chi connectivity index (χ2v) is 0.679. The Balaban J connectivity index is -0.0000000575. The van der Waals surface area contributed by atoms with Crippen molar-refractivity contribution in [3.05, 3.63) is 12.2 Å². The van der Waals surface area contributed by atoms with Crippen molar-refractivity contribution in [2.75, 3.05) is 0 Å². The number of hydrogen-bond donors (Lipinski definition) is 0. The van der Waals surface area contributed by atoms with Gasteiger partial charge in [-0.3, -0.25) is 0 Å². The molecule has 38 valence electrons. The zero-order valence-electron chi connectivity index (χ0n) is 5.99. The summed E-state index contributed by atoms with van der Waals surface area (Å²) in [6, 6.07) is 0. The van der Waals surface area contributed by atoms with Crippen LogP contribution in [-0.4, -0.2) is 6.39 Å². The molecule has 0 saturated heterocycles. The molecule has 0 aliphatic rings. The molecule has 0 aliphatic heterocycles. The van der Waals surface area contributed by atoms with E-state index in [0.717, 1.165) is 0 Å². The quantitative estimate of drug-likeness (QED) is 0.220. The first-order chi connectivity index (χ1) is 3.15. The van der Waals surface area contributed by atoms with Crippen LogP contribution in [0.4, 0.5) is 0 Å². The molecule has 0 unspecified atom stereocenters. The second kappa shape index (κ2) is 27.5. The molecular formula is C4H9KNO-. The largest absolute Gasteiger partial charge is 1.00 e. The van der Waals surface area contributed by atoms with Gasteiger partial charge in [-0.2, -0.15) is 13.8 Å². The van der Waals surface area contributed by atoms with Crippen LogP contribution in [0.1, 0.15) is 15.2 Å². The first-order valence-electron chi connectivity index (χ1n) is 2.11. The van der Waals surface area contributed by atoms with Crippen molar-refractivity contribution in [1.29, 1.82) is 0 Å². The van der Waals surface area contributed by atoms with E-state index in [1.165, 1.54) is 0 Å². The molecule has 0 aromatic heterocycles. The van der Waals surface area contributed by atoms with Gasteiger partial charge in [-0.1, -0.05) is 0 Å². The minimum atomic E-state index is -1.33. The van der Waals surface area contributed by atoms with Crippen molar-refractivity contribution < 1.29 is 57.5 Å². The van der Waals surface area contributed by atoms with Crippen LogP contribution in [-0.2, 0) is 4.79 Å². The summed E-state index contributed by atoms with van der Waals surface area (Å²) in [7, 11) is 0. The van der Waals surface area contributed by atoms with E-state index in [0.29, 0.717) is 0 Å². The van der Waals surface area contributed by atoms with Gasteiger partial charge in [-0.15, -0.1) is 0 Å². The van der Waals surface area contributed by atoms with Gasteiger partial charge in [-0.25, -0.2) is 0 Å². The number of hydrogen-bond acceptors (Lipinski definition) is 1. The van der Waals surface area contributed by atoms with Crippen LogP contribution in [0.15, 0.2) is 0 Å². The van der Waals surface area contributed by atoms with Gasteiger partial charge >= 0.3 is 51.4 Å². The van der Waals surface area contributed by atoms with Crippen LogP contribution in [0.5, 0.6) is 0 Å². The van der Waals surface area contributed by atoms with E-state index in [9.17, 15) is 0 Å². The minimum absolute atomic E-state index is 0. The Kier molecular flexibility index (Phi) is 43.1. The topological polar surface area (TPSA) is 40.9 Å². The molecule has 1 amide bonds. The summed E-state index contributed by atoms with van der Waals surface area (Å²) in [5.74, 6) is 0. The third-order valence-corrected chi connectivity index (χ3v) is 0. The fourth-order valence-corrected chi connectivity index (χ4v) is 0. The summed E-state index contributed by atoms with van der Waals surface area (Å²) in [5.41, 5.74) is 5.61. The molecule has 0 rings (SSSR count). The molecule has 0 aromatic rings. The summed E-state index contributed by atoms with van der Waals surface area (Å²) in [4.78, 5) is 8.78. The van der Waals surface area contributed by atoms with E-state index in [-0.39, 0.29) is 51.4 Å². The molecule has 3 heteroatoms. The molecule has 0 radical (unpaired) electrons. The normalized spacial score (nSPS) is 6.29. The Hall–Kier alpha value is 1.11. The molecule has 7 heavy (non-hydrogen) atoms. The minimum Gasteiger partial charge on any atom is -0.671 e. The maximum absolute atomic E-state index is 8.78.